The van der Waals surface area contributed by atoms with Gasteiger partial charge in [0, 0.05) is 29.1 Å². The van der Waals surface area contributed by atoms with Crippen LogP contribution in [0.3, 0.4) is 0 Å². The standard InChI is InChI=1S/C17H14ClN3O4/c1-17-9-14(13-8-12(21(23)24)5-6-15(13)25-17)19-16(22)20(17)11-4-2-3-10(18)7-11/h2-8,14H,9H2,1H3,(H,19,22). The molecule has 1 saturated heterocycles. The molecule has 0 spiro atoms. The fourth-order valence-electron chi connectivity index (χ4n) is 3.48. The van der Waals surface area contributed by atoms with Crippen molar-refractivity contribution in [1.82, 2.24) is 5.32 Å². The highest BCUT2D eigenvalue weighted by Crippen LogP contribution is 2.46. The molecule has 0 radical (unpaired) electrons. The van der Waals surface area contributed by atoms with Crippen LogP contribution in [0.15, 0.2) is 42.5 Å². The van der Waals surface area contributed by atoms with Crippen LogP contribution in [0.2, 0.25) is 5.02 Å². The molecule has 1 N–H and O–H groups in total. The highest BCUT2D eigenvalue weighted by molar-refractivity contribution is 6.30. The van der Waals surface area contributed by atoms with Crippen molar-refractivity contribution in [3.63, 3.8) is 0 Å². The van der Waals surface area contributed by atoms with Crippen LogP contribution in [-0.4, -0.2) is 16.7 Å². The first-order valence-corrected chi connectivity index (χ1v) is 8.09. The number of carbonyl (C=O) groups excluding carboxylic acids is 1. The molecule has 0 aromatic heterocycles. The highest BCUT2D eigenvalue weighted by Gasteiger charge is 2.50. The minimum atomic E-state index is -0.916. The fourth-order valence-corrected chi connectivity index (χ4v) is 3.67. The molecule has 2 bridgehead atoms. The number of halogens is 1. The normalized spacial score (nSPS) is 24.2. The lowest BCUT2D eigenvalue weighted by atomic mass is 9.90. The van der Waals surface area contributed by atoms with Crippen LogP contribution in [0, 0.1) is 10.1 Å². The number of rotatable bonds is 2. The number of ether oxygens (including phenoxy) is 1. The van der Waals surface area contributed by atoms with Crippen LogP contribution in [-0.2, 0) is 0 Å². The summed E-state index contributed by atoms with van der Waals surface area (Å²) in [6.07, 6.45) is 0.458. The van der Waals surface area contributed by atoms with Crippen molar-refractivity contribution >= 4 is 29.0 Å². The monoisotopic (exact) mass is 359 g/mol. The van der Waals surface area contributed by atoms with Gasteiger partial charge in [-0.1, -0.05) is 17.7 Å². The third-order valence-electron chi connectivity index (χ3n) is 4.53. The summed E-state index contributed by atoms with van der Waals surface area (Å²) in [4.78, 5) is 24.8. The molecule has 128 valence electrons. The number of amides is 2. The van der Waals surface area contributed by atoms with E-state index < -0.39 is 10.6 Å². The zero-order chi connectivity index (χ0) is 17.8. The van der Waals surface area contributed by atoms with Gasteiger partial charge in [0.1, 0.15) is 5.75 Å². The summed E-state index contributed by atoms with van der Waals surface area (Å²) in [7, 11) is 0. The molecule has 2 unspecified atom stereocenters. The van der Waals surface area contributed by atoms with Crippen molar-refractivity contribution in [2.24, 2.45) is 0 Å². The van der Waals surface area contributed by atoms with E-state index in [2.05, 4.69) is 5.32 Å². The van der Waals surface area contributed by atoms with Crippen molar-refractivity contribution in [2.75, 3.05) is 4.90 Å². The van der Waals surface area contributed by atoms with Crippen molar-refractivity contribution in [1.29, 1.82) is 0 Å². The first-order valence-electron chi connectivity index (χ1n) is 7.71. The maximum atomic E-state index is 12.7. The third kappa shape index (κ3) is 2.47. The topological polar surface area (TPSA) is 84.7 Å². The van der Waals surface area contributed by atoms with Gasteiger partial charge in [-0.05, 0) is 31.2 Å². The zero-order valence-electron chi connectivity index (χ0n) is 13.2. The lowest BCUT2D eigenvalue weighted by Gasteiger charge is -2.50. The number of benzene rings is 2. The van der Waals surface area contributed by atoms with Gasteiger partial charge in [0.25, 0.3) is 5.69 Å². The van der Waals surface area contributed by atoms with Crippen molar-refractivity contribution in [3.05, 3.63) is 63.2 Å². The van der Waals surface area contributed by atoms with Crippen LogP contribution in [0.5, 0.6) is 5.75 Å². The van der Waals surface area contributed by atoms with Gasteiger partial charge in [-0.2, -0.15) is 0 Å². The number of fused-ring (bicyclic) bond motifs is 4. The van der Waals surface area contributed by atoms with Crippen LogP contribution in [0.1, 0.15) is 24.9 Å². The van der Waals surface area contributed by atoms with Crippen LogP contribution in [0.4, 0.5) is 16.2 Å². The molecule has 2 aromatic rings. The number of carbonyl (C=O) groups is 1. The Kier molecular flexibility index (Phi) is 3.36. The molecule has 7 nitrogen and oxygen atoms in total. The molecule has 4 rings (SSSR count). The molecule has 0 aliphatic carbocycles. The van der Waals surface area contributed by atoms with E-state index in [-0.39, 0.29) is 17.8 Å². The van der Waals surface area contributed by atoms with E-state index in [1.165, 1.54) is 17.0 Å². The molecule has 2 heterocycles. The van der Waals surface area contributed by atoms with Gasteiger partial charge in [0.2, 0.25) is 0 Å². The number of non-ortho nitro benzene ring substituents is 1. The average Bonchev–Trinajstić information content (AvgIpc) is 2.53. The Bertz CT molecular complexity index is 903. The molecular formula is C17H14ClN3O4. The predicted octanol–water partition coefficient (Wildman–Crippen LogP) is 4.02. The van der Waals surface area contributed by atoms with Crippen LogP contribution >= 0.6 is 11.6 Å². The minimum Gasteiger partial charge on any atom is -0.467 e. The quantitative estimate of drug-likeness (QED) is 0.648. The van der Waals surface area contributed by atoms with Crippen LogP contribution in [0.25, 0.3) is 0 Å². The number of nitrogens with zero attached hydrogens (tertiary/aromatic N) is 2. The van der Waals surface area contributed by atoms with Gasteiger partial charge >= 0.3 is 6.03 Å². The fraction of sp³-hybridized carbons (Fsp3) is 0.235. The molecule has 8 heteroatoms. The smallest absolute Gasteiger partial charge is 0.325 e. The number of nitro benzene ring substituents is 1. The Morgan fingerprint density at radius 2 is 2.16 bits per heavy atom. The molecule has 25 heavy (non-hydrogen) atoms. The number of nitrogens with one attached hydrogen (secondary N) is 1. The molecule has 2 aliphatic rings. The van der Waals surface area contributed by atoms with Crippen LogP contribution < -0.4 is 15.0 Å². The molecule has 2 amide bonds. The lowest BCUT2D eigenvalue weighted by molar-refractivity contribution is -0.385. The zero-order valence-corrected chi connectivity index (χ0v) is 14.0. The number of nitro groups is 1. The Hall–Kier alpha value is -2.80. The Morgan fingerprint density at radius 1 is 1.36 bits per heavy atom. The van der Waals surface area contributed by atoms with Gasteiger partial charge < -0.3 is 10.1 Å². The Balaban J connectivity index is 1.79. The largest absolute Gasteiger partial charge is 0.467 e. The second-order valence-corrected chi connectivity index (χ2v) is 6.71. The minimum absolute atomic E-state index is 0.0301. The highest BCUT2D eigenvalue weighted by atomic mass is 35.5. The predicted molar refractivity (Wildman–Crippen MR) is 92.0 cm³/mol. The van der Waals surface area contributed by atoms with Gasteiger partial charge in [-0.15, -0.1) is 0 Å². The van der Waals surface area contributed by atoms with E-state index in [9.17, 15) is 14.9 Å². The first-order chi connectivity index (χ1) is 11.9. The average molecular weight is 360 g/mol. The van der Waals surface area contributed by atoms with Gasteiger partial charge in [0.15, 0.2) is 5.72 Å². The summed E-state index contributed by atoms with van der Waals surface area (Å²) in [6, 6.07) is 10.7. The second-order valence-electron chi connectivity index (χ2n) is 6.28. The summed E-state index contributed by atoms with van der Waals surface area (Å²) in [5.41, 5.74) is 0.292. The maximum Gasteiger partial charge on any atom is 0.325 e. The van der Waals surface area contributed by atoms with E-state index in [0.717, 1.165) is 0 Å². The molecule has 2 atom stereocenters. The van der Waals surface area contributed by atoms with Gasteiger partial charge in [-0.25, -0.2) is 4.79 Å². The van der Waals surface area contributed by atoms with Gasteiger partial charge in [-0.3, -0.25) is 15.0 Å². The first kappa shape index (κ1) is 15.7. The maximum absolute atomic E-state index is 12.7. The van der Waals surface area contributed by atoms with Crippen molar-refractivity contribution in [3.8, 4) is 5.75 Å². The second kappa shape index (κ2) is 5.35. The molecule has 2 aromatic carbocycles. The number of urea groups is 1. The van der Waals surface area contributed by atoms with Gasteiger partial charge in [0.05, 0.1) is 16.7 Å². The van der Waals surface area contributed by atoms with E-state index in [4.69, 9.17) is 16.3 Å². The lowest BCUT2D eigenvalue weighted by Crippen LogP contribution is -2.65. The summed E-state index contributed by atoms with van der Waals surface area (Å²) >= 11 is 6.06. The summed E-state index contributed by atoms with van der Waals surface area (Å²) in [6.45, 7) is 1.82. The number of hydrogen-bond acceptors (Lipinski definition) is 4. The summed E-state index contributed by atoms with van der Waals surface area (Å²) in [5, 5.41) is 14.4. The number of anilines is 1. The third-order valence-corrected chi connectivity index (χ3v) is 4.77. The summed E-state index contributed by atoms with van der Waals surface area (Å²) in [5.74, 6) is 0.524. The van der Waals surface area contributed by atoms with E-state index in [1.54, 1.807) is 30.3 Å². The SMILES string of the molecule is CC12CC(NC(=O)N1c1cccc(Cl)c1)c1cc([N+](=O)[O-])ccc1O2. The van der Waals surface area contributed by atoms with E-state index in [0.29, 0.717) is 28.4 Å². The molecule has 1 fully saturated rings. The molecule has 2 aliphatic heterocycles. The molecular weight excluding hydrogens is 346 g/mol. The van der Waals surface area contributed by atoms with E-state index >= 15 is 0 Å². The number of hydrogen-bond donors (Lipinski definition) is 1. The van der Waals surface area contributed by atoms with E-state index in [1.807, 2.05) is 6.92 Å². The Morgan fingerprint density at radius 3 is 2.88 bits per heavy atom. The summed E-state index contributed by atoms with van der Waals surface area (Å²) < 4.78 is 6.10. The van der Waals surface area contributed by atoms with Crippen molar-refractivity contribution in [2.45, 2.75) is 25.1 Å². The molecule has 0 saturated carbocycles. The van der Waals surface area contributed by atoms with Crippen molar-refractivity contribution < 1.29 is 14.5 Å². The Labute approximate surface area is 148 Å².